The Bertz CT molecular complexity index is 558. The first-order chi connectivity index (χ1) is 10.1. The Labute approximate surface area is 126 Å². The maximum absolute atomic E-state index is 12.1. The summed E-state index contributed by atoms with van der Waals surface area (Å²) in [7, 11) is 5.62. The molecule has 1 aromatic carbocycles. The second-order valence-corrected chi connectivity index (χ2v) is 6.45. The average Bonchev–Trinajstić information content (AvgIpc) is 2.51. The highest BCUT2D eigenvalue weighted by atomic mass is 16.5. The van der Waals surface area contributed by atoms with Crippen LogP contribution < -0.4 is 10.1 Å². The highest BCUT2D eigenvalue weighted by Crippen LogP contribution is 2.47. The third-order valence-electron chi connectivity index (χ3n) is 5.31. The van der Waals surface area contributed by atoms with Gasteiger partial charge in [-0.3, -0.25) is 4.79 Å². The molecule has 2 atom stereocenters. The van der Waals surface area contributed by atoms with E-state index in [2.05, 4.69) is 29.4 Å². The van der Waals surface area contributed by atoms with Crippen molar-refractivity contribution in [2.45, 2.75) is 37.1 Å². The molecule has 1 aromatic rings. The van der Waals surface area contributed by atoms with Crippen LogP contribution in [0.1, 0.15) is 30.4 Å². The summed E-state index contributed by atoms with van der Waals surface area (Å²) in [6.45, 7) is 1.05. The summed E-state index contributed by atoms with van der Waals surface area (Å²) in [5.41, 5.74) is 2.68. The number of amides is 1. The van der Waals surface area contributed by atoms with Gasteiger partial charge in [-0.1, -0.05) is 6.07 Å². The maximum Gasteiger partial charge on any atom is 0.220 e. The van der Waals surface area contributed by atoms with E-state index in [1.807, 2.05) is 6.07 Å². The second kappa shape index (κ2) is 5.34. The number of carbonyl (C=O) groups is 1. The van der Waals surface area contributed by atoms with Crippen LogP contribution in [0.5, 0.6) is 5.75 Å². The molecule has 1 heterocycles. The van der Waals surface area contributed by atoms with Gasteiger partial charge >= 0.3 is 0 Å². The molecule has 0 saturated carbocycles. The van der Waals surface area contributed by atoms with E-state index < -0.39 is 0 Å². The highest BCUT2D eigenvalue weighted by Gasteiger charge is 2.45. The number of likely N-dealkylation sites (N-methyl/N-ethyl adjacent to an activating group) is 1. The number of fused-ring (bicyclic) bond motifs is 4. The monoisotopic (exact) mass is 288 g/mol. The quantitative estimate of drug-likeness (QED) is 0.921. The molecule has 2 bridgehead atoms. The van der Waals surface area contributed by atoms with Crippen molar-refractivity contribution >= 4 is 5.91 Å². The van der Waals surface area contributed by atoms with Gasteiger partial charge in [0.05, 0.1) is 7.11 Å². The Kier molecular flexibility index (Phi) is 3.66. The van der Waals surface area contributed by atoms with E-state index in [-0.39, 0.29) is 11.3 Å². The van der Waals surface area contributed by atoms with Gasteiger partial charge in [-0.25, -0.2) is 0 Å². The number of hydrogen-bond donors (Lipinski definition) is 1. The number of likely N-dealkylation sites (tertiary alicyclic amines) is 1. The van der Waals surface area contributed by atoms with Crippen molar-refractivity contribution in [3.63, 3.8) is 0 Å². The van der Waals surface area contributed by atoms with E-state index >= 15 is 0 Å². The fourth-order valence-corrected chi connectivity index (χ4v) is 4.01. The van der Waals surface area contributed by atoms with Crippen molar-refractivity contribution < 1.29 is 9.53 Å². The molecule has 1 fully saturated rings. The lowest BCUT2D eigenvalue weighted by molar-refractivity contribution is -0.122. The van der Waals surface area contributed by atoms with E-state index in [0.29, 0.717) is 12.5 Å². The Morgan fingerprint density at radius 2 is 2.33 bits per heavy atom. The molecule has 4 heteroatoms. The largest absolute Gasteiger partial charge is 0.497 e. The Morgan fingerprint density at radius 1 is 1.52 bits per heavy atom. The Morgan fingerprint density at radius 3 is 3.05 bits per heavy atom. The molecule has 21 heavy (non-hydrogen) atoms. The number of benzene rings is 1. The van der Waals surface area contributed by atoms with Gasteiger partial charge in [-0.2, -0.15) is 0 Å². The lowest BCUT2D eigenvalue weighted by atomic mass is 9.62. The molecule has 1 aliphatic carbocycles. The summed E-state index contributed by atoms with van der Waals surface area (Å²) >= 11 is 0. The standard InChI is InChI=1S/C17H24N2O2/c1-18-16(20)11-17-6-7-19(2)13(10-17)8-12-4-5-14(21-3)9-15(12)17/h4-5,9,13H,6-8,10-11H2,1-3H3,(H,18,20)/t13?,17-/m0/s1. The maximum atomic E-state index is 12.1. The number of carbonyl (C=O) groups excluding carboxylic acids is 1. The van der Waals surface area contributed by atoms with Crippen LogP contribution in [-0.4, -0.2) is 44.6 Å². The number of rotatable bonds is 3. The summed E-state index contributed by atoms with van der Waals surface area (Å²) in [6, 6.07) is 6.91. The number of methoxy groups -OCH3 is 1. The number of nitrogens with one attached hydrogen (secondary N) is 1. The minimum atomic E-state index is -0.0284. The molecular weight excluding hydrogens is 264 g/mol. The van der Waals surface area contributed by atoms with Gasteiger partial charge in [0.1, 0.15) is 5.75 Å². The molecule has 2 aliphatic rings. The highest BCUT2D eigenvalue weighted by molar-refractivity contribution is 5.77. The molecule has 1 unspecified atom stereocenters. The van der Waals surface area contributed by atoms with Gasteiger partial charge < -0.3 is 15.0 Å². The minimum Gasteiger partial charge on any atom is -0.497 e. The molecule has 114 valence electrons. The van der Waals surface area contributed by atoms with Crippen molar-refractivity contribution in [1.82, 2.24) is 10.2 Å². The molecule has 1 amide bonds. The van der Waals surface area contributed by atoms with E-state index in [9.17, 15) is 4.79 Å². The summed E-state index contributed by atoms with van der Waals surface area (Å²) in [5.74, 6) is 1.02. The topological polar surface area (TPSA) is 41.6 Å². The summed E-state index contributed by atoms with van der Waals surface area (Å²) in [5, 5.41) is 2.80. The average molecular weight is 288 g/mol. The van der Waals surface area contributed by atoms with Crippen LogP contribution in [-0.2, 0) is 16.6 Å². The van der Waals surface area contributed by atoms with Crippen molar-refractivity contribution in [2.24, 2.45) is 0 Å². The summed E-state index contributed by atoms with van der Waals surface area (Å²) in [4.78, 5) is 14.5. The fraction of sp³-hybridized carbons (Fsp3) is 0.588. The SMILES string of the molecule is CNC(=O)C[C@@]12CCN(C)C(Cc3ccc(OC)cc31)C2. The predicted octanol–water partition coefficient (Wildman–Crippen LogP) is 1.72. The lowest BCUT2D eigenvalue weighted by Gasteiger charge is -2.50. The van der Waals surface area contributed by atoms with Crippen molar-refractivity contribution in [3.8, 4) is 5.75 Å². The van der Waals surface area contributed by atoms with Crippen LogP contribution in [0.4, 0.5) is 0 Å². The Balaban J connectivity index is 2.06. The molecule has 3 rings (SSSR count). The van der Waals surface area contributed by atoms with Crippen LogP contribution in [0.15, 0.2) is 18.2 Å². The number of piperidine rings is 1. The van der Waals surface area contributed by atoms with E-state index in [1.54, 1.807) is 14.2 Å². The number of nitrogens with zero attached hydrogens (tertiary/aromatic N) is 1. The van der Waals surface area contributed by atoms with Crippen molar-refractivity contribution in [2.75, 3.05) is 27.7 Å². The predicted molar refractivity (Wildman–Crippen MR) is 82.7 cm³/mol. The van der Waals surface area contributed by atoms with Gasteiger partial charge in [0.2, 0.25) is 5.91 Å². The smallest absolute Gasteiger partial charge is 0.220 e. The van der Waals surface area contributed by atoms with Crippen LogP contribution >= 0.6 is 0 Å². The molecule has 4 nitrogen and oxygen atoms in total. The number of ether oxygens (including phenoxy) is 1. The van der Waals surface area contributed by atoms with Gasteiger partial charge in [0.25, 0.3) is 0 Å². The number of hydrogen-bond acceptors (Lipinski definition) is 3. The first-order valence-corrected chi connectivity index (χ1v) is 7.66. The molecule has 0 aromatic heterocycles. The fourth-order valence-electron chi connectivity index (χ4n) is 4.01. The van der Waals surface area contributed by atoms with Crippen molar-refractivity contribution in [3.05, 3.63) is 29.3 Å². The molecule has 0 spiro atoms. The third-order valence-corrected chi connectivity index (χ3v) is 5.31. The van der Waals surface area contributed by atoms with Crippen LogP contribution in [0.3, 0.4) is 0 Å². The zero-order chi connectivity index (χ0) is 15.0. The minimum absolute atomic E-state index is 0.0284. The van der Waals surface area contributed by atoms with Crippen LogP contribution in [0.25, 0.3) is 0 Å². The van der Waals surface area contributed by atoms with E-state index in [0.717, 1.165) is 31.6 Å². The zero-order valence-electron chi connectivity index (χ0n) is 13.1. The first-order valence-electron chi connectivity index (χ1n) is 7.66. The summed E-state index contributed by atoms with van der Waals surface area (Å²) < 4.78 is 5.40. The molecule has 1 saturated heterocycles. The van der Waals surface area contributed by atoms with Gasteiger partial charge in [-0.15, -0.1) is 0 Å². The van der Waals surface area contributed by atoms with E-state index in [4.69, 9.17) is 4.74 Å². The lowest BCUT2D eigenvalue weighted by Crippen LogP contribution is -2.53. The van der Waals surface area contributed by atoms with Crippen molar-refractivity contribution in [1.29, 1.82) is 0 Å². The third kappa shape index (κ3) is 2.42. The normalized spacial score (nSPS) is 27.9. The molecular formula is C17H24N2O2. The summed E-state index contributed by atoms with van der Waals surface area (Å²) in [6.07, 6.45) is 3.75. The second-order valence-electron chi connectivity index (χ2n) is 6.45. The molecule has 1 aliphatic heterocycles. The zero-order valence-corrected chi connectivity index (χ0v) is 13.1. The van der Waals surface area contributed by atoms with Gasteiger partial charge in [0, 0.05) is 24.9 Å². The molecule has 0 radical (unpaired) electrons. The van der Waals surface area contributed by atoms with Crippen LogP contribution in [0, 0.1) is 0 Å². The van der Waals surface area contributed by atoms with E-state index in [1.165, 1.54) is 11.1 Å². The first kappa shape index (κ1) is 14.4. The van der Waals surface area contributed by atoms with Gasteiger partial charge in [0.15, 0.2) is 0 Å². The van der Waals surface area contributed by atoms with Gasteiger partial charge in [-0.05, 0) is 56.1 Å². The Hall–Kier alpha value is -1.55. The molecule has 1 N–H and O–H groups in total. The van der Waals surface area contributed by atoms with Crippen LogP contribution in [0.2, 0.25) is 0 Å².